The lowest BCUT2D eigenvalue weighted by molar-refractivity contribution is -0.118. The lowest BCUT2D eigenvalue weighted by Crippen LogP contribution is -2.55. The summed E-state index contributed by atoms with van der Waals surface area (Å²) in [4.78, 5) is 12.0. The summed E-state index contributed by atoms with van der Waals surface area (Å²) in [6, 6.07) is 5.08. The van der Waals surface area contributed by atoms with Crippen molar-refractivity contribution in [2.75, 3.05) is 13.1 Å². The molecule has 1 N–H and O–H groups in total. The van der Waals surface area contributed by atoms with E-state index in [4.69, 9.17) is 4.74 Å². The van der Waals surface area contributed by atoms with Crippen molar-refractivity contribution in [2.24, 2.45) is 11.8 Å². The number of aryl methyl sites for hydroxylation is 1. The molecule has 1 saturated heterocycles. The van der Waals surface area contributed by atoms with Gasteiger partial charge in [0, 0.05) is 19.1 Å². The van der Waals surface area contributed by atoms with Gasteiger partial charge in [0.2, 0.25) is 15.9 Å². The van der Waals surface area contributed by atoms with Gasteiger partial charge in [-0.15, -0.1) is 0 Å². The van der Waals surface area contributed by atoms with E-state index in [0.717, 1.165) is 24.2 Å². The second kappa shape index (κ2) is 7.52. The molecule has 2 heterocycles. The fourth-order valence-corrected chi connectivity index (χ4v) is 5.85. The van der Waals surface area contributed by atoms with Gasteiger partial charge in [0.05, 0.1) is 4.90 Å². The molecule has 1 fully saturated rings. The van der Waals surface area contributed by atoms with E-state index in [1.54, 1.807) is 18.2 Å². The number of sulfonamides is 1. The van der Waals surface area contributed by atoms with Crippen molar-refractivity contribution >= 4 is 15.9 Å². The molecular formula is C21H30N2O4S. The molecule has 0 saturated carbocycles. The van der Waals surface area contributed by atoms with Gasteiger partial charge in [-0.2, -0.15) is 4.31 Å². The Kier molecular flexibility index (Phi) is 5.60. The van der Waals surface area contributed by atoms with Gasteiger partial charge in [-0.1, -0.05) is 20.4 Å². The van der Waals surface area contributed by atoms with Crippen molar-refractivity contribution in [1.29, 1.82) is 0 Å². The number of amides is 1. The van der Waals surface area contributed by atoms with E-state index >= 15 is 0 Å². The molecule has 1 amide bonds. The van der Waals surface area contributed by atoms with Gasteiger partial charge < -0.3 is 10.1 Å². The molecule has 28 heavy (non-hydrogen) atoms. The summed E-state index contributed by atoms with van der Waals surface area (Å²) in [7, 11) is -3.60. The summed E-state index contributed by atoms with van der Waals surface area (Å²) < 4.78 is 34.0. The number of fused-ring (bicyclic) bond motifs is 1. The van der Waals surface area contributed by atoms with Crippen LogP contribution in [0.4, 0.5) is 0 Å². The van der Waals surface area contributed by atoms with Crippen LogP contribution < -0.4 is 10.1 Å². The molecule has 1 aromatic rings. The Bertz CT molecular complexity index is 866. The first-order valence-corrected chi connectivity index (χ1v) is 11.2. The van der Waals surface area contributed by atoms with Crippen LogP contribution in [0.1, 0.15) is 39.7 Å². The summed E-state index contributed by atoms with van der Waals surface area (Å²) in [5.74, 6) is 0.550. The second-order valence-electron chi connectivity index (χ2n) is 8.65. The normalized spacial score (nSPS) is 27.4. The number of nitrogens with one attached hydrogen (secondary N) is 1. The van der Waals surface area contributed by atoms with Crippen molar-refractivity contribution in [3.63, 3.8) is 0 Å². The third-order valence-electron chi connectivity index (χ3n) is 5.76. The molecule has 1 aromatic carbocycles. The molecule has 154 valence electrons. The zero-order valence-corrected chi connectivity index (χ0v) is 17.9. The second-order valence-corrected chi connectivity index (χ2v) is 10.6. The lowest BCUT2D eigenvalue weighted by Gasteiger charge is -2.41. The molecule has 0 aliphatic carbocycles. The number of ether oxygens (including phenoxy) is 1. The van der Waals surface area contributed by atoms with E-state index in [-0.39, 0.29) is 29.4 Å². The molecule has 6 nitrogen and oxygen atoms in total. The minimum atomic E-state index is -3.60. The monoisotopic (exact) mass is 406 g/mol. The van der Waals surface area contributed by atoms with Crippen LogP contribution in [-0.4, -0.2) is 43.4 Å². The first kappa shape index (κ1) is 20.9. The summed E-state index contributed by atoms with van der Waals surface area (Å²) >= 11 is 0. The molecule has 7 heteroatoms. The summed E-state index contributed by atoms with van der Waals surface area (Å²) in [6.45, 7) is 12.2. The van der Waals surface area contributed by atoms with Crippen LogP contribution >= 0.6 is 0 Å². The summed E-state index contributed by atoms with van der Waals surface area (Å²) in [5.41, 5.74) is 0.713. The van der Waals surface area contributed by atoms with E-state index in [1.165, 1.54) is 10.4 Å². The van der Waals surface area contributed by atoms with E-state index < -0.39 is 10.0 Å². The van der Waals surface area contributed by atoms with Gasteiger partial charge in [0.15, 0.2) is 0 Å². The van der Waals surface area contributed by atoms with Crippen LogP contribution in [0.5, 0.6) is 5.75 Å². The Balaban J connectivity index is 1.80. The lowest BCUT2D eigenvalue weighted by atomic mass is 9.87. The van der Waals surface area contributed by atoms with Gasteiger partial charge in [-0.05, 0) is 68.4 Å². The highest BCUT2D eigenvalue weighted by Crippen LogP contribution is 2.35. The van der Waals surface area contributed by atoms with Gasteiger partial charge in [-0.3, -0.25) is 4.79 Å². The van der Waals surface area contributed by atoms with E-state index in [1.807, 2.05) is 27.7 Å². The Labute approximate surface area is 168 Å². The average Bonchev–Trinajstić information content (AvgIpc) is 2.63. The largest absolute Gasteiger partial charge is 0.488 e. The van der Waals surface area contributed by atoms with Gasteiger partial charge >= 0.3 is 0 Å². The SMILES string of the molecule is C=CC(=O)NC1C(C)CN(S(=O)(=O)c2ccc3c(c2)CCC(C)(C)O3)CC1C. The number of hydrogen-bond acceptors (Lipinski definition) is 4. The quantitative estimate of drug-likeness (QED) is 0.780. The van der Waals surface area contributed by atoms with Crippen molar-refractivity contribution in [3.05, 3.63) is 36.4 Å². The smallest absolute Gasteiger partial charge is 0.243 e. The topological polar surface area (TPSA) is 75.7 Å². The average molecular weight is 407 g/mol. The predicted octanol–water partition coefficient (Wildman–Crippen LogP) is 2.74. The van der Waals surface area contributed by atoms with Gasteiger partial charge in [-0.25, -0.2) is 8.42 Å². The van der Waals surface area contributed by atoms with Crippen LogP contribution in [0.15, 0.2) is 35.7 Å². The van der Waals surface area contributed by atoms with E-state index in [2.05, 4.69) is 11.9 Å². The Morgan fingerprint density at radius 3 is 2.54 bits per heavy atom. The first-order valence-electron chi connectivity index (χ1n) is 9.78. The third-order valence-corrected chi connectivity index (χ3v) is 7.58. The summed E-state index contributed by atoms with van der Waals surface area (Å²) in [5, 5.41) is 2.93. The molecule has 0 spiro atoms. The van der Waals surface area contributed by atoms with Crippen LogP contribution in [0.2, 0.25) is 0 Å². The maximum Gasteiger partial charge on any atom is 0.243 e. The molecule has 2 aliphatic heterocycles. The number of piperidine rings is 1. The maximum atomic E-state index is 13.3. The van der Waals surface area contributed by atoms with E-state index in [9.17, 15) is 13.2 Å². The molecule has 3 rings (SSSR count). The molecule has 2 aliphatic rings. The third kappa shape index (κ3) is 4.10. The van der Waals surface area contributed by atoms with Crippen LogP contribution in [0, 0.1) is 11.8 Å². The molecule has 0 bridgehead atoms. The minimum Gasteiger partial charge on any atom is -0.488 e. The maximum absolute atomic E-state index is 13.3. The Morgan fingerprint density at radius 2 is 1.93 bits per heavy atom. The number of carbonyl (C=O) groups is 1. The van der Waals surface area contributed by atoms with Crippen LogP contribution in [0.3, 0.4) is 0 Å². The van der Waals surface area contributed by atoms with Crippen molar-refractivity contribution in [3.8, 4) is 5.75 Å². The highest BCUT2D eigenvalue weighted by molar-refractivity contribution is 7.89. The fraction of sp³-hybridized carbons (Fsp3) is 0.571. The Hall–Kier alpha value is -1.86. The van der Waals surface area contributed by atoms with Crippen LogP contribution in [0.25, 0.3) is 0 Å². The summed E-state index contributed by atoms with van der Waals surface area (Å²) in [6.07, 6.45) is 2.90. The van der Waals surface area contributed by atoms with E-state index in [0.29, 0.717) is 18.0 Å². The van der Waals surface area contributed by atoms with Crippen molar-refractivity contribution < 1.29 is 17.9 Å². The predicted molar refractivity (Wildman–Crippen MR) is 109 cm³/mol. The minimum absolute atomic E-state index is 0.00387. The van der Waals surface area contributed by atoms with Gasteiger partial charge in [0.1, 0.15) is 11.4 Å². The molecule has 2 unspecified atom stereocenters. The first-order chi connectivity index (χ1) is 13.0. The standard InChI is InChI=1S/C21H30N2O4S/c1-6-19(24)22-20-14(2)12-23(13-15(20)3)28(25,26)17-7-8-18-16(11-17)9-10-21(4,5)27-18/h6-8,11,14-15,20H,1,9-10,12-13H2,2-5H3,(H,22,24). The highest BCUT2D eigenvalue weighted by atomic mass is 32.2. The molecular weight excluding hydrogens is 376 g/mol. The van der Waals surface area contributed by atoms with Crippen molar-refractivity contribution in [1.82, 2.24) is 9.62 Å². The highest BCUT2D eigenvalue weighted by Gasteiger charge is 2.38. The molecule has 2 atom stereocenters. The zero-order valence-electron chi connectivity index (χ0n) is 17.1. The number of rotatable bonds is 4. The van der Waals surface area contributed by atoms with Gasteiger partial charge in [0.25, 0.3) is 0 Å². The van der Waals surface area contributed by atoms with Crippen LogP contribution in [-0.2, 0) is 21.2 Å². The molecule has 0 radical (unpaired) electrons. The number of hydrogen-bond donors (Lipinski definition) is 1. The van der Waals surface area contributed by atoms with Crippen molar-refractivity contribution in [2.45, 2.75) is 57.1 Å². The number of nitrogens with zero attached hydrogens (tertiary/aromatic N) is 1. The Morgan fingerprint density at radius 1 is 1.29 bits per heavy atom. The number of benzene rings is 1. The number of carbonyl (C=O) groups excluding carboxylic acids is 1. The fourth-order valence-electron chi connectivity index (χ4n) is 4.15. The zero-order chi connectivity index (χ0) is 20.7. The molecule has 0 aromatic heterocycles.